The van der Waals surface area contributed by atoms with Gasteiger partial charge in [-0.05, 0) is 36.4 Å². The second kappa shape index (κ2) is 7.74. The molecule has 1 unspecified atom stereocenters. The average molecular weight is 302 g/mol. The Kier molecular flexibility index (Phi) is 5.97. The summed E-state index contributed by atoms with van der Waals surface area (Å²) < 4.78 is 0. The fourth-order valence-electron chi connectivity index (χ4n) is 2.99. The summed E-state index contributed by atoms with van der Waals surface area (Å²) in [5.74, 6) is 0. The molecule has 2 aromatic rings. The van der Waals surface area contributed by atoms with E-state index in [1.165, 1.54) is 10.4 Å². The molecule has 0 fully saturated rings. The van der Waals surface area contributed by atoms with Gasteiger partial charge in [-0.15, -0.1) is 11.3 Å². The summed E-state index contributed by atoms with van der Waals surface area (Å²) in [5.41, 5.74) is 7.64. The van der Waals surface area contributed by atoms with E-state index in [1.54, 1.807) is 0 Å². The van der Waals surface area contributed by atoms with E-state index in [4.69, 9.17) is 5.73 Å². The number of thiophene rings is 1. The van der Waals surface area contributed by atoms with E-state index in [0.29, 0.717) is 6.54 Å². The zero-order chi connectivity index (χ0) is 15.1. The van der Waals surface area contributed by atoms with Crippen molar-refractivity contribution in [1.82, 2.24) is 4.90 Å². The molecule has 21 heavy (non-hydrogen) atoms. The summed E-state index contributed by atoms with van der Waals surface area (Å²) in [6.07, 6.45) is 2.08. The lowest BCUT2D eigenvalue weighted by Crippen LogP contribution is -2.54. The van der Waals surface area contributed by atoms with Gasteiger partial charge in [-0.25, -0.2) is 0 Å². The van der Waals surface area contributed by atoms with Crippen molar-refractivity contribution in [3.8, 4) is 0 Å². The molecule has 2 nitrogen and oxygen atoms in total. The maximum atomic E-state index is 6.23. The topological polar surface area (TPSA) is 29.3 Å². The van der Waals surface area contributed by atoms with Crippen molar-refractivity contribution in [2.75, 3.05) is 13.1 Å². The largest absolute Gasteiger partial charge is 0.329 e. The van der Waals surface area contributed by atoms with Crippen LogP contribution < -0.4 is 5.73 Å². The highest BCUT2D eigenvalue weighted by molar-refractivity contribution is 7.09. The second-order valence-corrected chi connectivity index (χ2v) is 6.57. The molecule has 0 amide bonds. The molecular formula is C18H26N2S. The van der Waals surface area contributed by atoms with E-state index < -0.39 is 0 Å². The molecule has 0 saturated carbocycles. The van der Waals surface area contributed by atoms with E-state index in [-0.39, 0.29) is 5.54 Å². The predicted octanol–water partition coefficient (Wildman–Crippen LogP) is 3.92. The highest BCUT2D eigenvalue weighted by Crippen LogP contribution is 2.27. The second-order valence-electron chi connectivity index (χ2n) is 5.54. The smallest absolute Gasteiger partial charge is 0.0373 e. The first-order chi connectivity index (χ1) is 10.2. The third kappa shape index (κ3) is 3.94. The maximum Gasteiger partial charge on any atom is 0.0373 e. The number of hydrogen-bond donors (Lipinski definition) is 1. The Morgan fingerprint density at radius 1 is 1.10 bits per heavy atom. The molecule has 0 aliphatic rings. The van der Waals surface area contributed by atoms with Crippen molar-refractivity contribution in [2.45, 2.75) is 38.8 Å². The van der Waals surface area contributed by atoms with E-state index in [0.717, 1.165) is 25.9 Å². The summed E-state index contributed by atoms with van der Waals surface area (Å²) in [6, 6.07) is 15.1. The summed E-state index contributed by atoms with van der Waals surface area (Å²) in [6.45, 7) is 7.20. The van der Waals surface area contributed by atoms with Gasteiger partial charge >= 0.3 is 0 Å². The molecule has 114 valence electrons. The molecule has 1 aromatic carbocycles. The Balaban J connectivity index is 2.21. The van der Waals surface area contributed by atoms with Crippen LogP contribution in [0.4, 0.5) is 0 Å². The van der Waals surface area contributed by atoms with E-state index in [9.17, 15) is 0 Å². The van der Waals surface area contributed by atoms with Crippen molar-refractivity contribution in [2.24, 2.45) is 5.73 Å². The average Bonchev–Trinajstić information content (AvgIpc) is 3.05. The zero-order valence-corrected chi connectivity index (χ0v) is 13.9. The fraction of sp³-hybridized carbons (Fsp3) is 0.444. The van der Waals surface area contributed by atoms with Gasteiger partial charge in [0.05, 0.1) is 0 Å². The highest BCUT2D eigenvalue weighted by Gasteiger charge is 2.33. The monoisotopic (exact) mass is 302 g/mol. The first kappa shape index (κ1) is 16.2. The molecule has 1 atom stereocenters. The Morgan fingerprint density at radius 3 is 2.38 bits per heavy atom. The van der Waals surface area contributed by atoms with Gasteiger partial charge < -0.3 is 5.73 Å². The van der Waals surface area contributed by atoms with Gasteiger partial charge in [-0.3, -0.25) is 4.90 Å². The lowest BCUT2D eigenvalue weighted by molar-refractivity contribution is 0.0878. The van der Waals surface area contributed by atoms with Crippen LogP contribution in [-0.4, -0.2) is 23.5 Å². The highest BCUT2D eigenvalue weighted by atomic mass is 32.1. The first-order valence-electron chi connectivity index (χ1n) is 7.75. The normalized spacial score (nSPS) is 14.3. The lowest BCUT2D eigenvalue weighted by Gasteiger charge is -2.42. The van der Waals surface area contributed by atoms with Gasteiger partial charge in [0.25, 0.3) is 0 Å². The number of nitrogens with two attached hydrogens (primary N) is 1. The summed E-state index contributed by atoms with van der Waals surface area (Å²) >= 11 is 1.83. The van der Waals surface area contributed by atoms with E-state index in [2.05, 4.69) is 66.6 Å². The van der Waals surface area contributed by atoms with Crippen molar-refractivity contribution in [3.05, 3.63) is 58.3 Å². The Labute approximate surface area is 132 Å². The Bertz CT molecular complexity index is 503. The van der Waals surface area contributed by atoms with Crippen LogP contribution in [0.5, 0.6) is 0 Å². The predicted molar refractivity (Wildman–Crippen MR) is 92.6 cm³/mol. The van der Waals surface area contributed by atoms with Crippen molar-refractivity contribution in [3.63, 3.8) is 0 Å². The van der Waals surface area contributed by atoms with Crippen LogP contribution in [0.25, 0.3) is 0 Å². The van der Waals surface area contributed by atoms with Crippen molar-refractivity contribution < 1.29 is 0 Å². The number of rotatable bonds is 8. The van der Waals surface area contributed by atoms with Crippen LogP contribution in [0.1, 0.15) is 30.7 Å². The van der Waals surface area contributed by atoms with E-state index in [1.807, 2.05) is 11.3 Å². The third-order valence-electron chi connectivity index (χ3n) is 4.39. The third-order valence-corrected chi connectivity index (χ3v) is 5.25. The van der Waals surface area contributed by atoms with Gasteiger partial charge in [0.1, 0.15) is 0 Å². The van der Waals surface area contributed by atoms with Crippen molar-refractivity contribution >= 4 is 11.3 Å². The quantitative estimate of drug-likeness (QED) is 0.801. The van der Waals surface area contributed by atoms with Crippen molar-refractivity contribution in [1.29, 1.82) is 0 Å². The zero-order valence-electron chi connectivity index (χ0n) is 13.1. The molecule has 0 aliphatic carbocycles. The number of hydrogen-bond acceptors (Lipinski definition) is 3. The summed E-state index contributed by atoms with van der Waals surface area (Å²) in [5, 5.41) is 2.15. The Hall–Kier alpha value is -1.16. The number of nitrogens with zero attached hydrogens (tertiary/aromatic N) is 1. The van der Waals surface area contributed by atoms with Gasteiger partial charge in [0.15, 0.2) is 0 Å². The van der Waals surface area contributed by atoms with E-state index >= 15 is 0 Å². The molecule has 0 aliphatic heterocycles. The van der Waals surface area contributed by atoms with Crippen LogP contribution in [0.2, 0.25) is 0 Å². The molecule has 3 heteroatoms. The minimum atomic E-state index is 0.0418. The number of benzene rings is 1. The molecule has 0 radical (unpaired) electrons. The van der Waals surface area contributed by atoms with Crippen LogP contribution in [0.15, 0.2) is 47.8 Å². The van der Waals surface area contributed by atoms with Crippen LogP contribution in [0, 0.1) is 0 Å². The summed E-state index contributed by atoms with van der Waals surface area (Å²) in [4.78, 5) is 3.96. The standard InChI is InChI=1S/C18H26N2S/c1-3-18(15-19,13-16-9-6-5-7-10-16)20(4-2)14-17-11-8-12-21-17/h5-12H,3-4,13-15,19H2,1-2H3. The lowest BCUT2D eigenvalue weighted by atomic mass is 9.86. The van der Waals surface area contributed by atoms with Gasteiger partial charge in [-0.1, -0.05) is 50.2 Å². The molecule has 0 bridgehead atoms. The van der Waals surface area contributed by atoms with Gasteiger partial charge in [-0.2, -0.15) is 0 Å². The minimum absolute atomic E-state index is 0.0418. The fourth-order valence-corrected chi connectivity index (χ4v) is 3.71. The molecule has 0 spiro atoms. The molecule has 0 saturated heterocycles. The van der Waals surface area contributed by atoms with Crippen LogP contribution in [-0.2, 0) is 13.0 Å². The van der Waals surface area contributed by atoms with Gasteiger partial charge in [0.2, 0.25) is 0 Å². The van der Waals surface area contributed by atoms with Gasteiger partial charge in [0, 0.05) is 23.5 Å². The molecule has 2 N–H and O–H groups in total. The SMILES string of the molecule is CCN(Cc1cccs1)C(CC)(CN)Cc1ccccc1. The molecular weight excluding hydrogens is 276 g/mol. The molecule has 1 heterocycles. The minimum Gasteiger partial charge on any atom is -0.329 e. The molecule has 2 rings (SSSR count). The maximum absolute atomic E-state index is 6.23. The van der Waals surface area contributed by atoms with Crippen LogP contribution >= 0.6 is 11.3 Å². The van der Waals surface area contributed by atoms with Crippen LogP contribution in [0.3, 0.4) is 0 Å². The number of likely N-dealkylation sites (N-methyl/N-ethyl adjacent to an activating group) is 1. The summed E-state index contributed by atoms with van der Waals surface area (Å²) in [7, 11) is 0. The Morgan fingerprint density at radius 2 is 1.86 bits per heavy atom. The molecule has 1 aromatic heterocycles. The first-order valence-corrected chi connectivity index (χ1v) is 8.63.